The van der Waals surface area contributed by atoms with Crippen molar-refractivity contribution < 1.29 is 9.53 Å². The number of rotatable bonds is 5. The van der Waals surface area contributed by atoms with E-state index in [9.17, 15) is 4.79 Å². The maximum atomic E-state index is 12.2. The zero-order chi connectivity index (χ0) is 13.5. The van der Waals surface area contributed by atoms with Crippen LogP contribution in [0.3, 0.4) is 0 Å². The Hall–Kier alpha value is -2.02. The second-order valence-corrected chi connectivity index (χ2v) is 4.09. The fourth-order valence-corrected chi connectivity index (χ4v) is 1.56. The molecule has 1 atom stereocenters. The molecule has 0 heterocycles. The second-order valence-electron chi connectivity index (χ2n) is 4.09. The van der Waals surface area contributed by atoms with Gasteiger partial charge >= 0.3 is 0 Å². The van der Waals surface area contributed by atoms with Crippen molar-refractivity contribution in [1.29, 1.82) is 5.26 Å². The van der Waals surface area contributed by atoms with E-state index in [2.05, 4.69) is 6.07 Å². The Morgan fingerprint density at radius 2 is 2.28 bits per heavy atom. The minimum absolute atomic E-state index is 0.0979. The zero-order valence-corrected chi connectivity index (χ0v) is 11.0. The van der Waals surface area contributed by atoms with Crippen LogP contribution >= 0.6 is 0 Å². The molecule has 0 N–H and O–H groups in total. The number of carbonyl (C=O) groups excluding carboxylic acids is 1. The SMILES string of the molecule is CCOc1cccc(C(=O)N(C)C(C)CC#N)c1. The Balaban J connectivity index is 2.83. The van der Waals surface area contributed by atoms with E-state index in [-0.39, 0.29) is 11.9 Å². The predicted octanol–water partition coefficient (Wildman–Crippen LogP) is 2.46. The summed E-state index contributed by atoms with van der Waals surface area (Å²) in [7, 11) is 1.71. The number of amides is 1. The van der Waals surface area contributed by atoms with Crippen molar-refractivity contribution in [2.75, 3.05) is 13.7 Å². The lowest BCUT2D eigenvalue weighted by Gasteiger charge is -2.23. The zero-order valence-electron chi connectivity index (χ0n) is 11.0. The van der Waals surface area contributed by atoms with Crippen LogP contribution in [-0.2, 0) is 0 Å². The highest BCUT2D eigenvalue weighted by molar-refractivity contribution is 5.94. The fourth-order valence-electron chi connectivity index (χ4n) is 1.56. The highest BCUT2D eigenvalue weighted by Gasteiger charge is 2.17. The van der Waals surface area contributed by atoms with Gasteiger partial charge in [0.1, 0.15) is 5.75 Å². The maximum Gasteiger partial charge on any atom is 0.254 e. The summed E-state index contributed by atoms with van der Waals surface area (Å²) >= 11 is 0. The minimum Gasteiger partial charge on any atom is -0.494 e. The van der Waals surface area contributed by atoms with E-state index in [0.717, 1.165) is 0 Å². The van der Waals surface area contributed by atoms with Gasteiger partial charge in [-0.1, -0.05) is 6.07 Å². The largest absolute Gasteiger partial charge is 0.494 e. The van der Waals surface area contributed by atoms with E-state index in [1.807, 2.05) is 19.9 Å². The molecule has 0 fully saturated rings. The number of carbonyl (C=O) groups is 1. The van der Waals surface area contributed by atoms with Crippen LogP contribution in [0.1, 0.15) is 30.6 Å². The molecule has 0 spiro atoms. The van der Waals surface area contributed by atoms with Gasteiger partial charge in [0.25, 0.3) is 5.91 Å². The predicted molar refractivity (Wildman–Crippen MR) is 69.4 cm³/mol. The Bertz CT molecular complexity index is 451. The number of hydrogen-bond acceptors (Lipinski definition) is 3. The summed E-state index contributed by atoms with van der Waals surface area (Å²) < 4.78 is 5.36. The van der Waals surface area contributed by atoms with Crippen LogP contribution in [0.4, 0.5) is 0 Å². The fraction of sp³-hybridized carbons (Fsp3) is 0.429. The van der Waals surface area contributed by atoms with E-state index in [0.29, 0.717) is 24.3 Å². The summed E-state index contributed by atoms with van der Waals surface area (Å²) in [6, 6.07) is 9.05. The van der Waals surface area contributed by atoms with Crippen molar-refractivity contribution in [3.8, 4) is 11.8 Å². The van der Waals surface area contributed by atoms with E-state index in [4.69, 9.17) is 10.00 Å². The normalized spacial score (nSPS) is 11.4. The van der Waals surface area contributed by atoms with Gasteiger partial charge in [0.15, 0.2) is 0 Å². The molecule has 0 aliphatic carbocycles. The van der Waals surface area contributed by atoms with Gasteiger partial charge in [-0.15, -0.1) is 0 Å². The monoisotopic (exact) mass is 246 g/mol. The molecule has 1 aromatic carbocycles. The molecule has 0 bridgehead atoms. The highest BCUT2D eigenvalue weighted by Crippen LogP contribution is 2.16. The van der Waals surface area contributed by atoms with E-state index < -0.39 is 0 Å². The number of hydrogen-bond donors (Lipinski definition) is 0. The van der Waals surface area contributed by atoms with Gasteiger partial charge in [0.2, 0.25) is 0 Å². The molecule has 0 aromatic heterocycles. The number of nitrogens with zero attached hydrogens (tertiary/aromatic N) is 2. The first-order valence-electron chi connectivity index (χ1n) is 5.97. The van der Waals surface area contributed by atoms with Crippen molar-refractivity contribution in [3.05, 3.63) is 29.8 Å². The Morgan fingerprint density at radius 3 is 2.89 bits per heavy atom. The third-order valence-electron chi connectivity index (χ3n) is 2.76. The van der Waals surface area contributed by atoms with Crippen LogP contribution in [0.25, 0.3) is 0 Å². The van der Waals surface area contributed by atoms with Gasteiger partial charge in [-0.25, -0.2) is 0 Å². The van der Waals surface area contributed by atoms with Gasteiger partial charge in [-0.05, 0) is 32.0 Å². The molecule has 0 aliphatic rings. The molecule has 4 heteroatoms. The van der Waals surface area contributed by atoms with Gasteiger partial charge < -0.3 is 9.64 Å². The molecule has 1 amide bonds. The van der Waals surface area contributed by atoms with Gasteiger partial charge in [-0.3, -0.25) is 4.79 Å². The van der Waals surface area contributed by atoms with Crippen molar-refractivity contribution in [1.82, 2.24) is 4.90 Å². The van der Waals surface area contributed by atoms with Crippen molar-refractivity contribution in [2.45, 2.75) is 26.3 Å². The Morgan fingerprint density at radius 1 is 1.56 bits per heavy atom. The molecule has 1 unspecified atom stereocenters. The van der Waals surface area contributed by atoms with Crippen molar-refractivity contribution in [3.63, 3.8) is 0 Å². The lowest BCUT2D eigenvalue weighted by Crippen LogP contribution is -2.34. The highest BCUT2D eigenvalue weighted by atomic mass is 16.5. The molecule has 1 rings (SSSR count). The lowest BCUT2D eigenvalue weighted by atomic mass is 10.1. The van der Waals surface area contributed by atoms with Crippen molar-refractivity contribution in [2.24, 2.45) is 0 Å². The lowest BCUT2D eigenvalue weighted by molar-refractivity contribution is 0.0746. The summed E-state index contributed by atoms with van der Waals surface area (Å²) in [6.45, 7) is 4.32. The van der Waals surface area contributed by atoms with Crippen molar-refractivity contribution >= 4 is 5.91 Å². The number of benzene rings is 1. The van der Waals surface area contributed by atoms with Crippen LogP contribution in [0.5, 0.6) is 5.75 Å². The Labute approximate surface area is 108 Å². The molecule has 0 radical (unpaired) electrons. The Kier molecular flexibility index (Phi) is 5.19. The molecule has 96 valence electrons. The van der Waals surface area contributed by atoms with Gasteiger partial charge in [-0.2, -0.15) is 5.26 Å². The third-order valence-corrected chi connectivity index (χ3v) is 2.76. The summed E-state index contributed by atoms with van der Waals surface area (Å²) in [5.41, 5.74) is 0.577. The van der Waals surface area contributed by atoms with E-state index in [1.54, 1.807) is 30.1 Å². The van der Waals surface area contributed by atoms with E-state index in [1.165, 1.54) is 0 Å². The summed E-state index contributed by atoms with van der Waals surface area (Å²) in [5, 5.41) is 8.64. The summed E-state index contributed by atoms with van der Waals surface area (Å²) in [5.74, 6) is 0.587. The van der Waals surface area contributed by atoms with Crippen LogP contribution in [0, 0.1) is 11.3 Å². The van der Waals surface area contributed by atoms with Gasteiger partial charge in [0, 0.05) is 18.7 Å². The second kappa shape index (κ2) is 6.65. The molecular weight excluding hydrogens is 228 g/mol. The first kappa shape index (κ1) is 14.0. The van der Waals surface area contributed by atoms with Crippen LogP contribution < -0.4 is 4.74 Å². The molecule has 1 aromatic rings. The van der Waals surface area contributed by atoms with Crippen LogP contribution in [0.2, 0.25) is 0 Å². The first-order chi connectivity index (χ1) is 8.60. The van der Waals surface area contributed by atoms with E-state index >= 15 is 0 Å². The average Bonchev–Trinajstić information content (AvgIpc) is 2.38. The molecular formula is C14H18N2O2. The smallest absolute Gasteiger partial charge is 0.254 e. The molecule has 4 nitrogen and oxygen atoms in total. The summed E-state index contributed by atoms with van der Waals surface area (Å²) in [4.78, 5) is 13.8. The number of ether oxygens (including phenoxy) is 1. The average molecular weight is 246 g/mol. The molecule has 18 heavy (non-hydrogen) atoms. The summed E-state index contributed by atoms with van der Waals surface area (Å²) in [6.07, 6.45) is 0.327. The maximum absolute atomic E-state index is 12.2. The third kappa shape index (κ3) is 3.49. The quantitative estimate of drug-likeness (QED) is 0.802. The van der Waals surface area contributed by atoms with Crippen LogP contribution in [0.15, 0.2) is 24.3 Å². The van der Waals surface area contributed by atoms with Gasteiger partial charge in [0.05, 0.1) is 19.1 Å². The standard InChI is InChI=1S/C14H18N2O2/c1-4-18-13-7-5-6-12(10-13)14(17)16(3)11(2)8-9-15/h5-7,10-11H,4,8H2,1-3H3. The molecule has 0 saturated carbocycles. The first-order valence-corrected chi connectivity index (χ1v) is 5.97. The minimum atomic E-state index is -0.0988. The molecule has 0 saturated heterocycles. The topological polar surface area (TPSA) is 53.3 Å². The molecule has 0 aliphatic heterocycles. The van der Waals surface area contributed by atoms with Crippen LogP contribution in [-0.4, -0.2) is 30.5 Å². The number of nitriles is 1.